The molecule has 4 nitrogen and oxygen atoms in total. The lowest BCUT2D eigenvalue weighted by Gasteiger charge is -2.11. The molecule has 0 saturated heterocycles. The van der Waals surface area contributed by atoms with E-state index in [1.54, 1.807) is 4.68 Å². The molecule has 0 saturated carbocycles. The van der Waals surface area contributed by atoms with Gasteiger partial charge in [0, 0.05) is 3.57 Å². The molecule has 0 aliphatic carbocycles. The van der Waals surface area contributed by atoms with E-state index >= 15 is 0 Å². The molecule has 0 aliphatic rings. The van der Waals surface area contributed by atoms with E-state index < -0.39 is 0 Å². The summed E-state index contributed by atoms with van der Waals surface area (Å²) < 4.78 is 3.02. The van der Waals surface area contributed by atoms with Crippen LogP contribution < -0.4 is 5.73 Å². The molecule has 1 aromatic carbocycles. The van der Waals surface area contributed by atoms with Crippen LogP contribution in [0.3, 0.4) is 0 Å². The SMILES string of the molecule is Cc1c(I)cccc1-n1cc(C(N)C(C)C)nn1. The molecular formula is C13H17IN4. The molecule has 2 aromatic rings. The fraction of sp³-hybridized carbons (Fsp3) is 0.385. The zero-order valence-electron chi connectivity index (χ0n) is 10.8. The van der Waals surface area contributed by atoms with Crippen LogP contribution >= 0.6 is 22.6 Å². The van der Waals surface area contributed by atoms with E-state index in [2.05, 4.69) is 59.7 Å². The van der Waals surface area contributed by atoms with Crippen LogP contribution in [0, 0.1) is 16.4 Å². The van der Waals surface area contributed by atoms with Gasteiger partial charge in [0.05, 0.1) is 17.9 Å². The monoisotopic (exact) mass is 356 g/mol. The quantitative estimate of drug-likeness (QED) is 0.861. The minimum Gasteiger partial charge on any atom is -0.322 e. The molecule has 0 bridgehead atoms. The second-order valence-electron chi connectivity index (χ2n) is 4.74. The Morgan fingerprint density at radius 1 is 1.33 bits per heavy atom. The van der Waals surface area contributed by atoms with Crippen molar-refractivity contribution >= 4 is 22.6 Å². The van der Waals surface area contributed by atoms with Crippen molar-refractivity contribution in [1.29, 1.82) is 0 Å². The van der Waals surface area contributed by atoms with Gasteiger partial charge in [-0.2, -0.15) is 0 Å². The topological polar surface area (TPSA) is 56.7 Å². The number of benzene rings is 1. The van der Waals surface area contributed by atoms with Crippen molar-refractivity contribution < 1.29 is 0 Å². The summed E-state index contributed by atoms with van der Waals surface area (Å²) in [6.45, 7) is 6.25. The molecule has 1 unspecified atom stereocenters. The lowest BCUT2D eigenvalue weighted by atomic mass is 10.0. The van der Waals surface area contributed by atoms with Gasteiger partial charge in [-0.05, 0) is 53.1 Å². The van der Waals surface area contributed by atoms with Gasteiger partial charge in [-0.15, -0.1) is 5.10 Å². The van der Waals surface area contributed by atoms with Crippen molar-refractivity contribution in [2.75, 3.05) is 0 Å². The molecule has 1 atom stereocenters. The third-order valence-electron chi connectivity index (χ3n) is 3.06. The van der Waals surface area contributed by atoms with Crippen LogP contribution in [0.25, 0.3) is 5.69 Å². The fourth-order valence-corrected chi connectivity index (χ4v) is 2.22. The zero-order chi connectivity index (χ0) is 13.3. The van der Waals surface area contributed by atoms with Crippen LogP contribution in [0.4, 0.5) is 0 Å². The standard InChI is InChI=1S/C13H17IN4/c1-8(2)13(15)11-7-18(17-16-11)12-6-4-5-10(14)9(12)3/h4-8,13H,15H2,1-3H3. The molecule has 0 spiro atoms. The van der Waals surface area contributed by atoms with Gasteiger partial charge < -0.3 is 5.73 Å². The maximum atomic E-state index is 6.08. The number of nitrogens with zero attached hydrogens (tertiary/aromatic N) is 3. The van der Waals surface area contributed by atoms with Gasteiger partial charge in [0.2, 0.25) is 0 Å². The Hall–Kier alpha value is -0.950. The van der Waals surface area contributed by atoms with E-state index in [1.165, 1.54) is 9.13 Å². The van der Waals surface area contributed by atoms with Crippen LogP contribution in [0.2, 0.25) is 0 Å². The summed E-state index contributed by atoms with van der Waals surface area (Å²) in [6.07, 6.45) is 1.92. The van der Waals surface area contributed by atoms with Crippen molar-refractivity contribution in [2.45, 2.75) is 26.8 Å². The summed E-state index contributed by atoms with van der Waals surface area (Å²) >= 11 is 2.32. The first-order valence-electron chi connectivity index (χ1n) is 5.94. The molecule has 1 aromatic heterocycles. The molecule has 0 aliphatic heterocycles. The van der Waals surface area contributed by atoms with Gasteiger partial charge in [-0.3, -0.25) is 0 Å². The lowest BCUT2D eigenvalue weighted by Crippen LogP contribution is -2.17. The third kappa shape index (κ3) is 2.56. The van der Waals surface area contributed by atoms with E-state index in [4.69, 9.17) is 5.73 Å². The highest BCUT2D eigenvalue weighted by molar-refractivity contribution is 14.1. The molecular weight excluding hydrogens is 339 g/mol. The predicted octanol–water partition coefficient (Wildman–Crippen LogP) is 2.84. The van der Waals surface area contributed by atoms with Crippen LogP contribution in [0.1, 0.15) is 31.1 Å². The number of aromatic nitrogens is 3. The number of nitrogens with two attached hydrogens (primary N) is 1. The fourth-order valence-electron chi connectivity index (χ4n) is 1.73. The highest BCUT2D eigenvalue weighted by atomic mass is 127. The van der Waals surface area contributed by atoms with Gasteiger partial charge in [-0.25, -0.2) is 4.68 Å². The Bertz CT molecular complexity index is 548. The van der Waals surface area contributed by atoms with Crippen LogP contribution in [-0.2, 0) is 0 Å². The Balaban J connectivity index is 2.38. The van der Waals surface area contributed by atoms with E-state index in [-0.39, 0.29) is 6.04 Å². The van der Waals surface area contributed by atoms with E-state index in [0.29, 0.717) is 5.92 Å². The Labute approximate surface area is 121 Å². The molecule has 2 rings (SSSR count). The van der Waals surface area contributed by atoms with E-state index in [1.807, 2.05) is 18.3 Å². The minimum atomic E-state index is -0.0677. The summed E-state index contributed by atoms with van der Waals surface area (Å²) in [6, 6.07) is 6.07. The number of rotatable bonds is 3. The normalized spacial score (nSPS) is 13.0. The minimum absolute atomic E-state index is 0.0677. The van der Waals surface area contributed by atoms with Crippen molar-refractivity contribution in [3.63, 3.8) is 0 Å². The van der Waals surface area contributed by atoms with E-state index in [9.17, 15) is 0 Å². The molecule has 0 amide bonds. The summed E-state index contributed by atoms with van der Waals surface area (Å²) in [5.41, 5.74) is 9.17. The van der Waals surface area contributed by atoms with Gasteiger partial charge in [-0.1, -0.05) is 25.1 Å². The predicted molar refractivity (Wildman–Crippen MR) is 80.6 cm³/mol. The van der Waals surface area contributed by atoms with Crippen molar-refractivity contribution in [3.05, 3.63) is 39.2 Å². The largest absolute Gasteiger partial charge is 0.322 e. The average Bonchev–Trinajstić information content (AvgIpc) is 2.80. The first kappa shape index (κ1) is 13.5. The lowest BCUT2D eigenvalue weighted by molar-refractivity contribution is 0.502. The summed E-state index contributed by atoms with van der Waals surface area (Å²) in [7, 11) is 0. The third-order valence-corrected chi connectivity index (χ3v) is 4.23. The van der Waals surface area contributed by atoms with Crippen LogP contribution in [0.5, 0.6) is 0 Å². The van der Waals surface area contributed by atoms with Gasteiger partial charge >= 0.3 is 0 Å². The highest BCUT2D eigenvalue weighted by Crippen LogP contribution is 2.21. The van der Waals surface area contributed by atoms with Crippen molar-refractivity contribution in [3.8, 4) is 5.69 Å². The van der Waals surface area contributed by atoms with Gasteiger partial charge in [0.1, 0.15) is 5.69 Å². The molecule has 18 heavy (non-hydrogen) atoms. The zero-order valence-corrected chi connectivity index (χ0v) is 12.9. The first-order chi connectivity index (χ1) is 8.50. The Kier molecular flexibility index (Phi) is 4.01. The maximum Gasteiger partial charge on any atom is 0.100 e. The Morgan fingerprint density at radius 3 is 2.72 bits per heavy atom. The number of hydrogen-bond donors (Lipinski definition) is 1. The maximum absolute atomic E-state index is 6.08. The Morgan fingerprint density at radius 2 is 2.06 bits per heavy atom. The highest BCUT2D eigenvalue weighted by Gasteiger charge is 2.15. The van der Waals surface area contributed by atoms with Crippen molar-refractivity contribution in [1.82, 2.24) is 15.0 Å². The molecule has 0 radical (unpaired) electrons. The molecule has 0 fully saturated rings. The molecule has 2 N–H and O–H groups in total. The average molecular weight is 356 g/mol. The van der Waals surface area contributed by atoms with Crippen LogP contribution in [-0.4, -0.2) is 15.0 Å². The number of halogens is 1. The molecule has 5 heteroatoms. The summed E-state index contributed by atoms with van der Waals surface area (Å²) in [5, 5.41) is 8.35. The summed E-state index contributed by atoms with van der Waals surface area (Å²) in [4.78, 5) is 0. The molecule has 96 valence electrons. The second-order valence-corrected chi connectivity index (χ2v) is 5.90. The van der Waals surface area contributed by atoms with E-state index in [0.717, 1.165) is 11.4 Å². The second kappa shape index (κ2) is 5.36. The smallest absolute Gasteiger partial charge is 0.100 e. The summed E-state index contributed by atoms with van der Waals surface area (Å²) in [5.74, 6) is 0.354. The van der Waals surface area contributed by atoms with Gasteiger partial charge in [0.15, 0.2) is 0 Å². The molecule has 1 heterocycles. The van der Waals surface area contributed by atoms with Crippen LogP contribution in [0.15, 0.2) is 24.4 Å². The van der Waals surface area contributed by atoms with Crippen molar-refractivity contribution in [2.24, 2.45) is 11.7 Å². The first-order valence-corrected chi connectivity index (χ1v) is 7.02. The van der Waals surface area contributed by atoms with Gasteiger partial charge in [0.25, 0.3) is 0 Å². The number of hydrogen-bond acceptors (Lipinski definition) is 3.